The second-order valence-corrected chi connectivity index (χ2v) is 6.85. The Bertz CT molecular complexity index is 766. The summed E-state index contributed by atoms with van der Waals surface area (Å²) in [6.07, 6.45) is 4.23. The monoisotopic (exact) mass is 371 g/mol. The first-order valence-electron chi connectivity index (χ1n) is 8.90. The first kappa shape index (κ1) is 18.5. The molecule has 0 bridgehead atoms. The predicted octanol–water partition coefficient (Wildman–Crippen LogP) is 2.53. The van der Waals surface area contributed by atoms with Gasteiger partial charge in [-0.05, 0) is 44.5 Å². The Kier molecular flexibility index (Phi) is 6.35. The van der Waals surface area contributed by atoms with Gasteiger partial charge >= 0.3 is 0 Å². The van der Waals surface area contributed by atoms with E-state index in [9.17, 15) is 0 Å². The number of nitrogens with one attached hydrogen (secondary N) is 2. The number of hydrazone groups is 1. The van der Waals surface area contributed by atoms with Crippen molar-refractivity contribution < 1.29 is 4.74 Å². The summed E-state index contributed by atoms with van der Waals surface area (Å²) < 4.78 is 7.56. The summed E-state index contributed by atoms with van der Waals surface area (Å²) in [6, 6.07) is 10.3. The number of hydrogen-bond acceptors (Lipinski definition) is 4. The molecule has 0 aliphatic carbocycles. The average molecular weight is 372 g/mol. The van der Waals surface area contributed by atoms with E-state index in [4.69, 9.17) is 17.0 Å². The molecule has 1 atom stereocenters. The Morgan fingerprint density at radius 2 is 2.19 bits per heavy atom. The summed E-state index contributed by atoms with van der Waals surface area (Å²) in [4.78, 5) is 0. The zero-order valence-corrected chi connectivity index (χ0v) is 16.1. The van der Waals surface area contributed by atoms with Crippen LogP contribution in [0.1, 0.15) is 35.4 Å². The lowest BCUT2D eigenvalue weighted by Crippen LogP contribution is -2.37. The molecule has 0 radical (unpaired) electrons. The highest BCUT2D eigenvalue weighted by Crippen LogP contribution is 2.13. The van der Waals surface area contributed by atoms with Crippen LogP contribution in [0, 0.1) is 13.8 Å². The van der Waals surface area contributed by atoms with Gasteiger partial charge < -0.3 is 10.1 Å². The maximum atomic E-state index is 5.56. The molecule has 2 heterocycles. The van der Waals surface area contributed by atoms with E-state index in [0.29, 0.717) is 11.7 Å². The van der Waals surface area contributed by atoms with E-state index in [1.807, 2.05) is 29.8 Å². The van der Waals surface area contributed by atoms with Crippen molar-refractivity contribution >= 4 is 23.5 Å². The third-order valence-corrected chi connectivity index (χ3v) is 4.72. The molecule has 1 aliphatic heterocycles. The van der Waals surface area contributed by atoms with Crippen molar-refractivity contribution in [2.24, 2.45) is 5.10 Å². The molecule has 26 heavy (non-hydrogen) atoms. The van der Waals surface area contributed by atoms with Gasteiger partial charge in [-0.3, -0.25) is 10.1 Å². The largest absolute Gasteiger partial charge is 0.376 e. The molecule has 2 N–H and O–H groups in total. The van der Waals surface area contributed by atoms with Crippen LogP contribution in [0.25, 0.3) is 0 Å². The Morgan fingerprint density at radius 1 is 1.38 bits per heavy atom. The average Bonchev–Trinajstić information content (AvgIpc) is 3.25. The summed E-state index contributed by atoms with van der Waals surface area (Å²) in [5, 5.41) is 12.5. The standard InChI is InChI=1S/C19H25N5OS/c1-14-18(12-21-22-19(26)20-11-17-9-6-10-25-17)15(2)24(23-14)13-16-7-4-3-5-8-16/h3-5,7-8,12,17H,6,9-11,13H2,1-2H3,(H2,20,22,26)/b21-12-/t17-/m1/s1. The normalized spacial score (nSPS) is 16.9. The van der Waals surface area contributed by atoms with Gasteiger partial charge in [0.2, 0.25) is 0 Å². The summed E-state index contributed by atoms with van der Waals surface area (Å²) in [5.74, 6) is 0. The SMILES string of the molecule is Cc1nn(Cc2ccccc2)c(C)c1/C=N\NC(=S)NC[C@H]1CCCO1. The fourth-order valence-corrected chi connectivity index (χ4v) is 3.15. The number of ether oxygens (including phenoxy) is 1. The van der Waals surface area contributed by atoms with Crippen molar-refractivity contribution in [2.75, 3.05) is 13.2 Å². The zero-order valence-electron chi connectivity index (χ0n) is 15.2. The van der Waals surface area contributed by atoms with Gasteiger partial charge in [0.1, 0.15) is 0 Å². The van der Waals surface area contributed by atoms with Crippen LogP contribution in [0.5, 0.6) is 0 Å². The molecule has 2 aromatic rings. The molecule has 0 spiro atoms. The van der Waals surface area contributed by atoms with E-state index >= 15 is 0 Å². The lowest BCUT2D eigenvalue weighted by molar-refractivity contribution is 0.114. The molecule has 7 heteroatoms. The topological polar surface area (TPSA) is 63.5 Å². The lowest BCUT2D eigenvalue weighted by atomic mass is 10.2. The zero-order chi connectivity index (χ0) is 18.4. The molecule has 1 aliphatic rings. The van der Waals surface area contributed by atoms with Gasteiger partial charge in [-0.15, -0.1) is 0 Å². The fraction of sp³-hybridized carbons (Fsp3) is 0.421. The minimum Gasteiger partial charge on any atom is -0.376 e. The molecule has 0 saturated carbocycles. The molecule has 1 aromatic carbocycles. The van der Waals surface area contributed by atoms with Crippen molar-refractivity contribution in [2.45, 2.75) is 39.3 Å². The molecular formula is C19H25N5OS. The molecule has 1 fully saturated rings. The van der Waals surface area contributed by atoms with Crippen LogP contribution in [0.15, 0.2) is 35.4 Å². The molecule has 138 valence electrons. The van der Waals surface area contributed by atoms with E-state index < -0.39 is 0 Å². The van der Waals surface area contributed by atoms with Crippen LogP contribution in [-0.4, -0.2) is 40.4 Å². The van der Waals surface area contributed by atoms with Crippen LogP contribution in [-0.2, 0) is 11.3 Å². The van der Waals surface area contributed by atoms with E-state index in [-0.39, 0.29) is 6.10 Å². The number of aryl methyl sites for hydroxylation is 1. The van der Waals surface area contributed by atoms with Crippen LogP contribution >= 0.6 is 12.2 Å². The number of aromatic nitrogens is 2. The molecule has 6 nitrogen and oxygen atoms in total. The number of thiocarbonyl (C=S) groups is 1. The number of rotatable bonds is 6. The quantitative estimate of drug-likeness (QED) is 0.464. The van der Waals surface area contributed by atoms with Gasteiger partial charge in [0.05, 0.1) is 24.6 Å². The maximum absolute atomic E-state index is 5.56. The summed E-state index contributed by atoms with van der Waals surface area (Å²) in [6.45, 7) is 6.35. The minimum atomic E-state index is 0.249. The van der Waals surface area contributed by atoms with Crippen LogP contribution in [0.4, 0.5) is 0 Å². The third-order valence-electron chi connectivity index (χ3n) is 4.49. The number of hydrogen-bond donors (Lipinski definition) is 2. The second kappa shape index (κ2) is 8.91. The van der Waals surface area contributed by atoms with Gasteiger partial charge in [-0.2, -0.15) is 10.2 Å². The molecule has 3 rings (SSSR count). The molecule has 1 saturated heterocycles. The van der Waals surface area contributed by atoms with Gasteiger partial charge in [0.15, 0.2) is 5.11 Å². The Morgan fingerprint density at radius 3 is 2.92 bits per heavy atom. The highest BCUT2D eigenvalue weighted by atomic mass is 32.1. The third kappa shape index (κ3) is 4.89. The Hall–Kier alpha value is -2.25. The summed E-state index contributed by atoms with van der Waals surface area (Å²) in [7, 11) is 0. The van der Waals surface area contributed by atoms with Gasteiger partial charge in [0, 0.05) is 24.4 Å². The van der Waals surface area contributed by atoms with Crippen molar-refractivity contribution in [3.05, 3.63) is 52.8 Å². The molecule has 0 amide bonds. The number of benzene rings is 1. The van der Waals surface area contributed by atoms with Gasteiger partial charge in [0.25, 0.3) is 0 Å². The first-order valence-corrected chi connectivity index (χ1v) is 9.30. The van der Waals surface area contributed by atoms with Gasteiger partial charge in [-0.1, -0.05) is 30.3 Å². The first-order chi connectivity index (χ1) is 12.6. The van der Waals surface area contributed by atoms with Gasteiger partial charge in [-0.25, -0.2) is 0 Å². The predicted molar refractivity (Wildman–Crippen MR) is 108 cm³/mol. The van der Waals surface area contributed by atoms with Crippen LogP contribution in [0.2, 0.25) is 0 Å². The van der Waals surface area contributed by atoms with Crippen molar-refractivity contribution in [1.29, 1.82) is 0 Å². The molecule has 0 unspecified atom stereocenters. The Balaban J connectivity index is 1.55. The second-order valence-electron chi connectivity index (χ2n) is 6.44. The summed E-state index contributed by atoms with van der Waals surface area (Å²) >= 11 is 5.25. The summed E-state index contributed by atoms with van der Waals surface area (Å²) in [5.41, 5.74) is 7.12. The van der Waals surface area contributed by atoms with E-state index in [1.54, 1.807) is 6.21 Å². The maximum Gasteiger partial charge on any atom is 0.187 e. The van der Waals surface area contributed by atoms with E-state index in [0.717, 1.165) is 42.9 Å². The van der Waals surface area contributed by atoms with Crippen molar-refractivity contribution in [3.63, 3.8) is 0 Å². The highest BCUT2D eigenvalue weighted by Gasteiger charge is 2.15. The molecular weight excluding hydrogens is 346 g/mol. The van der Waals surface area contributed by atoms with E-state index in [1.165, 1.54) is 5.56 Å². The van der Waals surface area contributed by atoms with Crippen LogP contribution < -0.4 is 10.7 Å². The Labute approximate surface area is 159 Å². The minimum absolute atomic E-state index is 0.249. The van der Waals surface area contributed by atoms with Crippen molar-refractivity contribution in [1.82, 2.24) is 20.5 Å². The molecule has 1 aromatic heterocycles. The highest BCUT2D eigenvalue weighted by molar-refractivity contribution is 7.80. The van der Waals surface area contributed by atoms with Crippen LogP contribution in [0.3, 0.4) is 0 Å². The van der Waals surface area contributed by atoms with Crippen molar-refractivity contribution in [3.8, 4) is 0 Å². The lowest BCUT2D eigenvalue weighted by Gasteiger charge is -2.11. The number of nitrogens with zero attached hydrogens (tertiary/aromatic N) is 3. The van der Waals surface area contributed by atoms with E-state index in [2.05, 4.69) is 40.0 Å². The fourth-order valence-electron chi connectivity index (χ4n) is 3.01. The smallest absolute Gasteiger partial charge is 0.187 e.